The summed E-state index contributed by atoms with van der Waals surface area (Å²) in [6.07, 6.45) is 3.38. The Morgan fingerprint density at radius 2 is 2.05 bits per heavy atom. The van der Waals surface area contributed by atoms with Crippen molar-refractivity contribution in [3.05, 3.63) is 51.8 Å². The zero-order chi connectivity index (χ0) is 16.1. The average Bonchev–Trinajstić information content (AvgIpc) is 2.83. The number of hydrogen-bond acceptors (Lipinski definition) is 3. The molecule has 2 N–H and O–H groups in total. The fourth-order valence-corrected chi connectivity index (χ4v) is 2.62. The van der Waals surface area contributed by atoms with Crippen molar-refractivity contribution in [2.45, 2.75) is 18.9 Å². The molecule has 0 radical (unpaired) electrons. The van der Waals surface area contributed by atoms with Gasteiger partial charge < -0.3 is 10.4 Å². The van der Waals surface area contributed by atoms with Gasteiger partial charge in [0.15, 0.2) is 0 Å². The predicted octanol–water partition coefficient (Wildman–Crippen LogP) is 2.51. The minimum atomic E-state index is -0.936. The highest BCUT2D eigenvalue weighted by Gasteiger charge is 2.14. The molecule has 0 saturated carbocycles. The van der Waals surface area contributed by atoms with Crippen molar-refractivity contribution in [2.75, 3.05) is 6.54 Å². The molecule has 2 rings (SSSR count). The van der Waals surface area contributed by atoms with Crippen LogP contribution in [0.5, 0.6) is 0 Å². The number of rotatable bonds is 6. The van der Waals surface area contributed by atoms with Crippen LogP contribution in [0.15, 0.2) is 30.6 Å². The van der Waals surface area contributed by atoms with Crippen LogP contribution in [0.25, 0.3) is 0 Å². The largest absolute Gasteiger partial charge is 0.388 e. The van der Waals surface area contributed by atoms with Gasteiger partial charge in [-0.05, 0) is 35.7 Å². The third kappa shape index (κ3) is 5.02. The van der Waals surface area contributed by atoms with E-state index in [2.05, 4.69) is 10.4 Å². The number of aliphatic hydroxyl groups is 1. The molecule has 0 saturated heterocycles. The van der Waals surface area contributed by atoms with E-state index in [1.165, 1.54) is 0 Å². The van der Waals surface area contributed by atoms with Gasteiger partial charge in [0.1, 0.15) is 0 Å². The summed E-state index contributed by atoms with van der Waals surface area (Å²) in [6.45, 7) is 0.494. The van der Waals surface area contributed by atoms with E-state index in [0.717, 1.165) is 5.56 Å². The molecule has 1 heterocycles. The Hall–Kier alpha value is -1.56. The summed E-state index contributed by atoms with van der Waals surface area (Å²) in [5.74, 6) is -0.229. The van der Waals surface area contributed by atoms with Gasteiger partial charge in [0, 0.05) is 29.8 Å². The van der Waals surface area contributed by atoms with Crippen molar-refractivity contribution < 1.29 is 9.90 Å². The van der Waals surface area contributed by atoms with Crippen molar-refractivity contribution in [3.8, 4) is 0 Å². The van der Waals surface area contributed by atoms with Gasteiger partial charge in [-0.15, -0.1) is 0 Å². The molecule has 0 bridgehead atoms. The number of aromatic nitrogens is 2. The SMILES string of the molecule is Cn1cc(CCNC(=O)CC(O)c2cc(Cl)cc(Cl)c2)cn1. The van der Waals surface area contributed by atoms with E-state index in [1.54, 1.807) is 29.1 Å². The van der Waals surface area contributed by atoms with E-state index in [-0.39, 0.29) is 12.3 Å². The monoisotopic (exact) mass is 341 g/mol. The molecule has 5 nitrogen and oxygen atoms in total. The lowest BCUT2D eigenvalue weighted by molar-refractivity contribution is -0.123. The van der Waals surface area contributed by atoms with Crippen LogP contribution in [0.1, 0.15) is 23.7 Å². The molecule has 0 spiro atoms. The Balaban J connectivity index is 1.80. The lowest BCUT2D eigenvalue weighted by Gasteiger charge is -2.12. The molecule has 1 atom stereocenters. The molecule has 0 aliphatic rings. The standard InChI is InChI=1S/C15H17Cl2N3O2/c1-20-9-10(8-19-20)2-3-18-15(22)7-14(21)11-4-12(16)6-13(17)5-11/h4-6,8-9,14,21H,2-3,7H2,1H3,(H,18,22). The van der Waals surface area contributed by atoms with E-state index in [1.807, 2.05) is 13.2 Å². The Labute approximate surface area is 138 Å². The van der Waals surface area contributed by atoms with Crippen LogP contribution < -0.4 is 5.32 Å². The number of nitrogens with one attached hydrogen (secondary N) is 1. The second-order valence-corrected chi connectivity index (χ2v) is 5.92. The first-order valence-corrected chi connectivity index (χ1v) is 7.58. The molecule has 1 amide bonds. The first kappa shape index (κ1) is 16.8. The summed E-state index contributed by atoms with van der Waals surface area (Å²) in [5.41, 5.74) is 1.57. The van der Waals surface area contributed by atoms with Gasteiger partial charge in [-0.2, -0.15) is 5.10 Å². The maximum Gasteiger partial charge on any atom is 0.222 e. The Morgan fingerprint density at radius 3 is 2.64 bits per heavy atom. The van der Waals surface area contributed by atoms with E-state index in [0.29, 0.717) is 28.6 Å². The van der Waals surface area contributed by atoms with Crippen molar-refractivity contribution in [3.63, 3.8) is 0 Å². The molecule has 1 unspecified atom stereocenters. The lowest BCUT2D eigenvalue weighted by atomic mass is 10.1. The van der Waals surface area contributed by atoms with Crippen molar-refractivity contribution in [1.82, 2.24) is 15.1 Å². The Kier molecular flexibility index (Phi) is 5.83. The van der Waals surface area contributed by atoms with Gasteiger partial charge in [0.25, 0.3) is 0 Å². The molecule has 1 aromatic carbocycles. The number of hydrogen-bond donors (Lipinski definition) is 2. The fraction of sp³-hybridized carbons (Fsp3) is 0.333. The summed E-state index contributed by atoms with van der Waals surface area (Å²) in [6, 6.07) is 4.77. The van der Waals surface area contributed by atoms with Gasteiger partial charge in [-0.1, -0.05) is 23.2 Å². The van der Waals surface area contributed by atoms with Crippen molar-refractivity contribution >= 4 is 29.1 Å². The molecule has 0 aliphatic heterocycles. The predicted molar refractivity (Wildman–Crippen MR) is 86.0 cm³/mol. The average molecular weight is 342 g/mol. The Morgan fingerprint density at radius 1 is 1.36 bits per heavy atom. The van der Waals surface area contributed by atoms with Crippen LogP contribution in [0.2, 0.25) is 10.0 Å². The second kappa shape index (κ2) is 7.63. The summed E-state index contributed by atoms with van der Waals surface area (Å²) < 4.78 is 1.71. The fourth-order valence-electron chi connectivity index (χ4n) is 2.08. The Bertz CT molecular complexity index is 638. The topological polar surface area (TPSA) is 67.2 Å². The molecule has 118 valence electrons. The highest BCUT2D eigenvalue weighted by atomic mass is 35.5. The maximum absolute atomic E-state index is 11.8. The van der Waals surface area contributed by atoms with Crippen LogP contribution in [-0.4, -0.2) is 27.3 Å². The molecular formula is C15H17Cl2N3O2. The summed E-state index contributed by atoms with van der Waals surface area (Å²) in [5, 5.41) is 17.8. The number of carbonyl (C=O) groups excluding carboxylic acids is 1. The van der Waals surface area contributed by atoms with Crippen LogP contribution in [0.4, 0.5) is 0 Å². The summed E-state index contributed by atoms with van der Waals surface area (Å²) >= 11 is 11.8. The third-order valence-corrected chi connectivity index (χ3v) is 3.58. The van der Waals surface area contributed by atoms with Crippen LogP contribution in [-0.2, 0) is 18.3 Å². The van der Waals surface area contributed by atoms with E-state index in [4.69, 9.17) is 23.2 Å². The second-order valence-electron chi connectivity index (χ2n) is 5.04. The van der Waals surface area contributed by atoms with Gasteiger partial charge in [-0.3, -0.25) is 9.48 Å². The van der Waals surface area contributed by atoms with E-state index >= 15 is 0 Å². The number of amides is 1. The van der Waals surface area contributed by atoms with Crippen LogP contribution in [0.3, 0.4) is 0 Å². The molecule has 0 fully saturated rings. The minimum Gasteiger partial charge on any atom is -0.388 e. The number of carbonyl (C=O) groups is 1. The number of halogens is 2. The lowest BCUT2D eigenvalue weighted by Crippen LogP contribution is -2.27. The molecule has 22 heavy (non-hydrogen) atoms. The van der Waals surface area contributed by atoms with Crippen LogP contribution in [0, 0.1) is 0 Å². The number of aliphatic hydroxyl groups excluding tert-OH is 1. The molecule has 7 heteroatoms. The zero-order valence-corrected chi connectivity index (χ0v) is 13.6. The molecular weight excluding hydrogens is 325 g/mol. The van der Waals surface area contributed by atoms with Crippen molar-refractivity contribution in [1.29, 1.82) is 0 Å². The van der Waals surface area contributed by atoms with Crippen LogP contribution >= 0.6 is 23.2 Å². The van der Waals surface area contributed by atoms with Gasteiger partial charge in [0.2, 0.25) is 5.91 Å². The first-order valence-electron chi connectivity index (χ1n) is 6.82. The maximum atomic E-state index is 11.8. The summed E-state index contributed by atoms with van der Waals surface area (Å²) in [4.78, 5) is 11.8. The minimum absolute atomic E-state index is 0.0380. The highest BCUT2D eigenvalue weighted by molar-refractivity contribution is 6.34. The summed E-state index contributed by atoms with van der Waals surface area (Å²) in [7, 11) is 1.84. The number of benzene rings is 1. The molecule has 1 aromatic heterocycles. The smallest absolute Gasteiger partial charge is 0.222 e. The van der Waals surface area contributed by atoms with Gasteiger partial charge in [0.05, 0.1) is 18.7 Å². The normalized spacial score (nSPS) is 12.2. The third-order valence-electron chi connectivity index (χ3n) is 3.14. The first-order chi connectivity index (χ1) is 10.4. The molecule has 2 aromatic rings. The van der Waals surface area contributed by atoms with E-state index in [9.17, 15) is 9.90 Å². The highest BCUT2D eigenvalue weighted by Crippen LogP contribution is 2.25. The zero-order valence-electron chi connectivity index (χ0n) is 12.1. The number of nitrogens with zero attached hydrogens (tertiary/aromatic N) is 2. The van der Waals surface area contributed by atoms with Gasteiger partial charge in [-0.25, -0.2) is 0 Å². The molecule has 0 aliphatic carbocycles. The quantitative estimate of drug-likeness (QED) is 0.848. The number of aryl methyl sites for hydroxylation is 1. The van der Waals surface area contributed by atoms with Crippen molar-refractivity contribution in [2.24, 2.45) is 7.05 Å². The van der Waals surface area contributed by atoms with E-state index < -0.39 is 6.10 Å². The van der Waals surface area contributed by atoms with Gasteiger partial charge >= 0.3 is 0 Å².